The first kappa shape index (κ1) is 11.5. The van der Waals surface area contributed by atoms with Crippen LogP contribution in [0.5, 0.6) is 0 Å². The minimum atomic E-state index is 0.117. The van der Waals surface area contributed by atoms with Crippen LogP contribution in [-0.4, -0.2) is 49.7 Å². The Morgan fingerprint density at radius 3 is 3.07 bits per heavy atom. The molecular weight excluding hydrogens is 180 g/mol. The van der Waals surface area contributed by atoms with Gasteiger partial charge in [0.1, 0.15) is 6.61 Å². The van der Waals surface area contributed by atoms with Crippen LogP contribution < -0.4 is 5.32 Å². The van der Waals surface area contributed by atoms with Gasteiger partial charge in [-0.05, 0) is 13.3 Å². The van der Waals surface area contributed by atoms with Gasteiger partial charge in [-0.15, -0.1) is 0 Å². The van der Waals surface area contributed by atoms with Crippen LogP contribution in [0.3, 0.4) is 0 Å². The minimum absolute atomic E-state index is 0.117. The number of nitrogens with one attached hydrogen (secondary N) is 1. The molecule has 1 aliphatic rings. The summed E-state index contributed by atoms with van der Waals surface area (Å²) in [6, 6.07) is 0.402. The van der Waals surface area contributed by atoms with E-state index < -0.39 is 0 Å². The molecule has 1 atom stereocenters. The van der Waals surface area contributed by atoms with Gasteiger partial charge in [-0.2, -0.15) is 0 Å². The van der Waals surface area contributed by atoms with E-state index in [1.165, 1.54) is 0 Å². The number of hydrogen-bond acceptors (Lipinski definition) is 3. The molecule has 1 amide bonds. The summed E-state index contributed by atoms with van der Waals surface area (Å²) in [5, 5.41) is 3.30. The van der Waals surface area contributed by atoms with Crippen LogP contribution in [0.15, 0.2) is 0 Å². The van der Waals surface area contributed by atoms with Crippen LogP contribution in [-0.2, 0) is 9.53 Å². The summed E-state index contributed by atoms with van der Waals surface area (Å²) in [6.45, 7) is 7.53. The molecule has 0 radical (unpaired) electrons. The van der Waals surface area contributed by atoms with Gasteiger partial charge in [-0.1, -0.05) is 6.92 Å². The third-order valence-electron chi connectivity index (χ3n) is 2.30. The molecule has 82 valence electrons. The van der Waals surface area contributed by atoms with Crippen LogP contribution >= 0.6 is 0 Å². The first-order chi connectivity index (χ1) is 6.74. The van der Waals surface area contributed by atoms with Crippen LogP contribution in [0.1, 0.15) is 20.3 Å². The van der Waals surface area contributed by atoms with Crippen LogP contribution in [0.25, 0.3) is 0 Å². The lowest BCUT2D eigenvalue weighted by Gasteiger charge is -2.31. The van der Waals surface area contributed by atoms with Crippen LogP contribution in [0.4, 0.5) is 0 Å². The number of nitrogens with zero attached hydrogens (tertiary/aromatic N) is 1. The van der Waals surface area contributed by atoms with Crippen molar-refractivity contribution >= 4 is 5.91 Å². The molecule has 0 unspecified atom stereocenters. The fourth-order valence-corrected chi connectivity index (χ4v) is 1.55. The van der Waals surface area contributed by atoms with Gasteiger partial charge < -0.3 is 15.0 Å². The molecule has 14 heavy (non-hydrogen) atoms. The predicted octanol–water partition coefficient (Wildman–Crippen LogP) is 0.233. The molecular formula is C10H20N2O2. The van der Waals surface area contributed by atoms with Crippen molar-refractivity contribution in [1.82, 2.24) is 10.2 Å². The molecule has 1 aliphatic heterocycles. The van der Waals surface area contributed by atoms with E-state index in [4.69, 9.17) is 4.74 Å². The van der Waals surface area contributed by atoms with Gasteiger partial charge >= 0.3 is 0 Å². The lowest BCUT2D eigenvalue weighted by Crippen LogP contribution is -2.52. The number of carbonyl (C=O) groups excluding carboxylic acids is 1. The van der Waals surface area contributed by atoms with Crippen molar-refractivity contribution in [2.45, 2.75) is 26.3 Å². The maximum Gasteiger partial charge on any atom is 0.248 e. The number of amides is 1. The van der Waals surface area contributed by atoms with Gasteiger partial charge in [0.2, 0.25) is 5.91 Å². The molecule has 4 heteroatoms. The summed E-state index contributed by atoms with van der Waals surface area (Å²) < 4.78 is 5.22. The van der Waals surface area contributed by atoms with E-state index in [0.717, 1.165) is 26.1 Å². The van der Waals surface area contributed by atoms with Crippen molar-refractivity contribution in [3.8, 4) is 0 Å². The normalized spacial score (nSPS) is 22.4. The summed E-state index contributed by atoms with van der Waals surface area (Å²) in [7, 11) is 0. The monoisotopic (exact) mass is 200 g/mol. The van der Waals surface area contributed by atoms with Gasteiger partial charge in [-0.3, -0.25) is 4.79 Å². The third-order valence-corrected chi connectivity index (χ3v) is 2.30. The average Bonchev–Trinajstić information content (AvgIpc) is 2.18. The van der Waals surface area contributed by atoms with Gasteiger partial charge in [0, 0.05) is 32.3 Å². The molecule has 0 aromatic heterocycles. The average molecular weight is 200 g/mol. The largest absolute Gasteiger partial charge is 0.372 e. The summed E-state index contributed by atoms with van der Waals surface area (Å²) in [6.07, 6.45) is 0.964. The lowest BCUT2D eigenvalue weighted by atomic mass is 10.2. The Balaban J connectivity index is 2.22. The topological polar surface area (TPSA) is 41.6 Å². The highest BCUT2D eigenvalue weighted by Crippen LogP contribution is 1.99. The zero-order chi connectivity index (χ0) is 10.4. The Morgan fingerprint density at radius 2 is 2.43 bits per heavy atom. The van der Waals surface area contributed by atoms with Crippen molar-refractivity contribution < 1.29 is 9.53 Å². The van der Waals surface area contributed by atoms with Crippen molar-refractivity contribution in [1.29, 1.82) is 0 Å². The predicted molar refractivity (Wildman–Crippen MR) is 55.2 cm³/mol. The number of hydrogen-bond donors (Lipinski definition) is 1. The Bertz CT molecular complexity index is 185. The molecule has 1 fully saturated rings. The zero-order valence-electron chi connectivity index (χ0n) is 9.08. The van der Waals surface area contributed by atoms with E-state index >= 15 is 0 Å². The number of carbonyl (C=O) groups is 1. The molecule has 1 heterocycles. The van der Waals surface area contributed by atoms with E-state index in [9.17, 15) is 4.79 Å². The number of ether oxygens (including phenoxy) is 1. The minimum Gasteiger partial charge on any atom is -0.372 e. The first-order valence-electron chi connectivity index (χ1n) is 5.33. The quantitative estimate of drug-likeness (QED) is 0.661. The zero-order valence-corrected chi connectivity index (χ0v) is 9.08. The van der Waals surface area contributed by atoms with Gasteiger partial charge in [0.25, 0.3) is 0 Å². The van der Waals surface area contributed by atoms with Gasteiger partial charge in [0.15, 0.2) is 0 Å². The highest BCUT2D eigenvalue weighted by molar-refractivity contribution is 5.77. The summed E-state index contributed by atoms with van der Waals surface area (Å²) in [5.41, 5.74) is 0. The smallest absolute Gasteiger partial charge is 0.248 e. The summed E-state index contributed by atoms with van der Waals surface area (Å²) >= 11 is 0. The highest BCUT2D eigenvalue weighted by Gasteiger charge is 2.19. The second-order valence-corrected chi connectivity index (χ2v) is 3.75. The summed E-state index contributed by atoms with van der Waals surface area (Å²) in [4.78, 5) is 13.5. The third kappa shape index (κ3) is 3.64. The number of rotatable bonds is 4. The van der Waals surface area contributed by atoms with Gasteiger partial charge in [-0.25, -0.2) is 0 Å². The van der Waals surface area contributed by atoms with Crippen molar-refractivity contribution in [3.05, 3.63) is 0 Å². The van der Waals surface area contributed by atoms with Crippen LogP contribution in [0.2, 0.25) is 0 Å². The number of piperazine rings is 1. The molecule has 0 aliphatic carbocycles. The Kier molecular flexibility index (Phi) is 4.90. The molecule has 0 bridgehead atoms. The molecule has 1 N–H and O–H groups in total. The van der Waals surface area contributed by atoms with Crippen LogP contribution in [0, 0.1) is 0 Å². The molecule has 0 aromatic rings. The SMILES string of the molecule is CCCOCC(=O)N1CCN[C@@H](C)C1. The Hall–Kier alpha value is -0.610. The second kappa shape index (κ2) is 5.98. The van der Waals surface area contributed by atoms with Gasteiger partial charge in [0.05, 0.1) is 0 Å². The van der Waals surface area contributed by atoms with E-state index in [-0.39, 0.29) is 12.5 Å². The van der Waals surface area contributed by atoms with E-state index in [2.05, 4.69) is 12.2 Å². The molecule has 0 spiro atoms. The molecule has 1 rings (SSSR count). The fourth-order valence-electron chi connectivity index (χ4n) is 1.55. The lowest BCUT2D eigenvalue weighted by molar-refractivity contribution is -0.137. The Morgan fingerprint density at radius 1 is 1.64 bits per heavy atom. The molecule has 0 aromatic carbocycles. The first-order valence-corrected chi connectivity index (χ1v) is 5.33. The van der Waals surface area contributed by atoms with Crippen molar-refractivity contribution in [2.24, 2.45) is 0 Å². The van der Waals surface area contributed by atoms with E-state index in [1.807, 2.05) is 11.8 Å². The molecule has 4 nitrogen and oxygen atoms in total. The van der Waals surface area contributed by atoms with E-state index in [1.54, 1.807) is 0 Å². The van der Waals surface area contributed by atoms with Crippen molar-refractivity contribution in [3.63, 3.8) is 0 Å². The standard InChI is InChI=1S/C10H20N2O2/c1-3-6-14-8-10(13)12-5-4-11-9(2)7-12/h9,11H,3-8H2,1-2H3/t9-/m0/s1. The molecule has 1 saturated heterocycles. The highest BCUT2D eigenvalue weighted by atomic mass is 16.5. The fraction of sp³-hybridized carbons (Fsp3) is 0.900. The second-order valence-electron chi connectivity index (χ2n) is 3.75. The summed E-state index contributed by atoms with van der Waals surface area (Å²) in [5.74, 6) is 0.117. The van der Waals surface area contributed by atoms with Crippen molar-refractivity contribution in [2.75, 3.05) is 32.8 Å². The Labute approximate surface area is 85.6 Å². The van der Waals surface area contributed by atoms with E-state index in [0.29, 0.717) is 12.6 Å². The maximum atomic E-state index is 11.6. The molecule has 0 saturated carbocycles. The maximum absolute atomic E-state index is 11.6.